The lowest BCUT2D eigenvalue weighted by atomic mass is 10.2. The number of nitrogens with zero attached hydrogens (tertiary/aromatic N) is 4. The molecule has 1 amide bonds. The molecule has 0 spiro atoms. The summed E-state index contributed by atoms with van der Waals surface area (Å²) in [5, 5.41) is 12.5. The van der Waals surface area contributed by atoms with E-state index in [1.165, 1.54) is 6.33 Å². The topological polar surface area (TPSA) is 88.3 Å². The number of hydrogen-bond donors (Lipinski definition) is 1. The Bertz CT molecular complexity index is 403. The third-order valence-electron chi connectivity index (χ3n) is 2.75. The average molecular weight is 268 g/mol. The Morgan fingerprint density at radius 3 is 2.63 bits per heavy atom. The lowest BCUT2D eigenvalue weighted by molar-refractivity contribution is -0.138. The zero-order chi connectivity index (χ0) is 14.3. The summed E-state index contributed by atoms with van der Waals surface area (Å²) < 4.78 is 1.60. The summed E-state index contributed by atoms with van der Waals surface area (Å²) in [5.74, 6) is -0.824. The van der Waals surface area contributed by atoms with Crippen LogP contribution < -0.4 is 0 Å². The van der Waals surface area contributed by atoms with Crippen molar-refractivity contribution < 1.29 is 14.7 Å². The van der Waals surface area contributed by atoms with Crippen LogP contribution in [-0.4, -0.2) is 49.2 Å². The number of carboxylic acid groups (broad SMARTS) is 1. The van der Waals surface area contributed by atoms with Gasteiger partial charge in [-0.15, -0.1) is 0 Å². The van der Waals surface area contributed by atoms with Gasteiger partial charge in [0.25, 0.3) is 0 Å². The lowest BCUT2D eigenvalue weighted by Crippen LogP contribution is -2.38. The molecule has 19 heavy (non-hydrogen) atoms. The Kier molecular flexibility index (Phi) is 5.98. The first-order valence-electron chi connectivity index (χ1n) is 6.34. The molecule has 0 aliphatic rings. The van der Waals surface area contributed by atoms with E-state index in [1.54, 1.807) is 15.9 Å². The summed E-state index contributed by atoms with van der Waals surface area (Å²) in [4.78, 5) is 28.1. The summed E-state index contributed by atoms with van der Waals surface area (Å²) in [5.41, 5.74) is 0. The fraction of sp³-hybridized carbons (Fsp3) is 0.667. The molecule has 0 radical (unpaired) electrons. The van der Waals surface area contributed by atoms with Crippen LogP contribution in [0.25, 0.3) is 0 Å². The van der Waals surface area contributed by atoms with Gasteiger partial charge >= 0.3 is 5.97 Å². The highest BCUT2D eigenvalue weighted by Crippen LogP contribution is 2.05. The number of aliphatic carboxylic acids is 1. The second-order valence-corrected chi connectivity index (χ2v) is 4.59. The minimum absolute atomic E-state index is 0.0101. The fourth-order valence-electron chi connectivity index (χ4n) is 1.77. The van der Waals surface area contributed by atoms with Crippen molar-refractivity contribution in [3.05, 3.63) is 12.7 Å². The minimum atomic E-state index is -0.834. The molecule has 7 nitrogen and oxygen atoms in total. The van der Waals surface area contributed by atoms with Crippen LogP contribution in [0.4, 0.5) is 0 Å². The monoisotopic (exact) mass is 268 g/mol. The van der Waals surface area contributed by atoms with E-state index in [9.17, 15) is 9.59 Å². The van der Waals surface area contributed by atoms with Crippen molar-refractivity contribution in [1.29, 1.82) is 0 Å². The number of aromatic nitrogens is 3. The molecule has 1 aromatic heterocycles. The zero-order valence-electron chi connectivity index (χ0n) is 11.3. The van der Waals surface area contributed by atoms with Gasteiger partial charge in [0.05, 0.1) is 6.54 Å². The standard InChI is InChI=1S/C12H20N4O3/c1-10(2)16(6-3-4-12(18)19)11(17)5-7-15-9-13-8-14-15/h8-10H,3-7H2,1-2H3,(H,18,19). The molecule has 0 aliphatic heterocycles. The largest absolute Gasteiger partial charge is 0.481 e. The molecule has 1 heterocycles. The van der Waals surface area contributed by atoms with Crippen molar-refractivity contribution in [1.82, 2.24) is 19.7 Å². The van der Waals surface area contributed by atoms with Crippen molar-refractivity contribution in [3.63, 3.8) is 0 Å². The Morgan fingerprint density at radius 1 is 1.37 bits per heavy atom. The maximum Gasteiger partial charge on any atom is 0.303 e. The summed E-state index contributed by atoms with van der Waals surface area (Å²) >= 11 is 0. The Hall–Kier alpha value is -1.92. The quantitative estimate of drug-likeness (QED) is 0.752. The molecule has 1 rings (SSSR count). The summed E-state index contributed by atoms with van der Waals surface area (Å²) in [6.07, 6.45) is 3.89. The smallest absolute Gasteiger partial charge is 0.303 e. The second-order valence-electron chi connectivity index (χ2n) is 4.59. The molecule has 106 valence electrons. The first-order valence-corrected chi connectivity index (χ1v) is 6.34. The molecule has 0 bridgehead atoms. The number of carboxylic acids is 1. The van der Waals surface area contributed by atoms with E-state index in [2.05, 4.69) is 10.1 Å². The van der Waals surface area contributed by atoms with Crippen LogP contribution in [0.5, 0.6) is 0 Å². The number of hydrogen-bond acceptors (Lipinski definition) is 4. The predicted octanol–water partition coefficient (Wildman–Crippen LogP) is 0.770. The number of amides is 1. The van der Waals surface area contributed by atoms with Crippen molar-refractivity contribution in [3.8, 4) is 0 Å². The van der Waals surface area contributed by atoms with E-state index >= 15 is 0 Å². The Balaban J connectivity index is 2.41. The van der Waals surface area contributed by atoms with Gasteiger partial charge in [0.1, 0.15) is 12.7 Å². The molecule has 0 saturated heterocycles. The molecule has 0 fully saturated rings. The van der Waals surface area contributed by atoms with Gasteiger partial charge in [0, 0.05) is 25.4 Å². The zero-order valence-corrected chi connectivity index (χ0v) is 11.3. The predicted molar refractivity (Wildman–Crippen MR) is 68.4 cm³/mol. The number of carbonyl (C=O) groups is 2. The molecular formula is C12H20N4O3. The highest BCUT2D eigenvalue weighted by atomic mass is 16.4. The van der Waals surface area contributed by atoms with Crippen molar-refractivity contribution >= 4 is 11.9 Å². The van der Waals surface area contributed by atoms with Crippen molar-refractivity contribution in [2.24, 2.45) is 0 Å². The first kappa shape index (κ1) is 15.1. The Morgan fingerprint density at radius 2 is 2.11 bits per heavy atom. The van der Waals surface area contributed by atoms with Gasteiger partial charge in [0.2, 0.25) is 5.91 Å². The normalized spacial score (nSPS) is 10.7. The first-order chi connectivity index (χ1) is 9.00. The summed E-state index contributed by atoms with van der Waals surface area (Å²) in [6, 6.07) is 0.0667. The maximum atomic E-state index is 12.1. The van der Waals surface area contributed by atoms with Crippen LogP contribution in [0.1, 0.15) is 33.1 Å². The van der Waals surface area contributed by atoms with Crippen LogP contribution in [-0.2, 0) is 16.1 Å². The average Bonchev–Trinajstić information content (AvgIpc) is 2.84. The fourth-order valence-corrected chi connectivity index (χ4v) is 1.77. The van der Waals surface area contributed by atoms with Crippen molar-refractivity contribution in [2.75, 3.05) is 6.54 Å². The summed E-state index contributed by atoms with van der Waals surface area (Å²) in [6.45, 7) is 4.81. The van der Waals surface area contributed by atoms with E-state index in [-0.39, 0.29) is 18.4 Å². The van der Waals surface area contributed by atoms with Gasteiger partial charge in [-0.2, -0.15) is 5.10 Å². The molecule has 7 heteroatoms. The van der Waals surface area contributed by atoms with E-state index in [1.807, 2.05) is 13.8 Å². The minimum Gasteiger partial charge on any atom is -0.481 e. The van der Waals surface area contributed by atoms with Crippen LogP contribution in [0.3, 0.4) is 0 Å². The number of rotatable bonds is 8. The van der Waals surface area contributed by atoms with E-state index in [4.69, 9.17) is 5.11 Å². The van der Waals surface area contributed by atoms with Crippen LogP contribution in [0, 0.1) is 0 Å². The third kappa shape index (κ3) is 5.50. The van der Waals surface area contributed by atoms with Crippen LogP contribution >= 0.6 is 0 Å². The maximum absolute atomic E-state index is 12.1. The molecule has 1 aromatic rings. The van der Waals surface area contributed by atoms with Gasteiger partial charge < -0.3 is 10.0 Å². The Labute approximate surface area is 112 Å². The lowest BCUT2D eigenvalue weighted by Gasteiger charge is -2.26. The van der Waals surface area contributed by atoms with E-state index in [0.717, 1.165) is 0 Å². The highest BCUT2D eigenvalue weighted by molar-refractivity contribution is 5.76. The molecule has 1 N–H and O–H groups in total. The molecule has 0 saturated carbocycles. The van der Waals surface area contributed by atoms with Gasteiger partial charge in [-0.1, -0.05) is 0 Å². The van der Waals surface area contributed by atoms with Gasteiger partial charge in [-0.05, 0) is 20.3 Å². The van der Waals surface area contributed by atoms with Gasteiger partial charge in [-0.25, -0.2) is 4.98 Å². The summed E-state index contributed by atoms with van der Waals surface area (Å²) in [7, 11) is 0. The van der Waals surface area contributed by atoms with Crippen LogP contribution in [0.2, 0.25) is 0 Å². The second kappa shape index (κ2) is 7.50. The highest BCUT2D eigenvalue weighted by Gasteiger charge is 2.16. The molecule has 0 atom stereocenters. The molecular weight excluding hydrogens is 248 g/mol. The molecule has 0 unspecified atom stereocenters. The van der Waals surface area contributed by atoms with Crippen LogP contribution in [0.15, 0.2) is 12.7 Å². The number of aryl methyl sites for hydroxylation is 1. The number of carbonyl (C=O) groups excluding carboxylic acids is 1. The van der Waals surface area contributed by atoms with E-state index < -0.39 is 5.97 Å². The van der Waals surface area contributed by atoms with Crippen molar-refractivity contribution in [2.45, 2.75) is 45.7 Å². The van der Waals surface area contributed by atoms with Gasteiger partial charge in [0.15, 0.2) is 0 Å². The van der Waals surface area contributed by atoms with Gasteiger partial charge in [-0.3, -0.25) is 14.3 Å². The SMILES string of the molecule is CC(C)N(CCCC(=O)O)C(=O)CCn1cncn1. The molecule has 0 aromatic carbocycles. The third-order valence-corrected chi connectivity index (χ3v) is 2.75. The van der Waals surface area contributed by atoms with E-state index in [0.29, 0.717) is 25.9 Å². The molecule has 0 aliphatic carbocycles.